The van der Waals surface area contributed by atoms with Crippen LogP contribution in [0.4, 0.5) is 0 Å². The molecule has 0 heterocycles. The van der Waals surface area contributed by atoms with Crippen LogP contribution >= 0.6 is 24.0 Å². The normalized spacial score (nSPS) is 9.73. The van der Waals surface area contributed by atoms with Gasteiger partial charge in [0.1, 0.15) is 10.1 Å². The summed E-state index contributed by atoms with van der Waals surface area (Å²) < 4.78 is 5.94. The van der Waals surface area contributed by atoms with Crippen LogP contribution in [0.25, 0.3) is 0 Å². The maximum absolute atomic E-state index is 5.09. The van der Waals surface area contributed by atoms with E-state index in [9.17, 15) is 0 Å². The molecule has 15 heavy (non-hydrogen) atoms. The molecule has 0 saturated carbocycles. The summed E-state index contributed by atoms with van der Waals surface area (Å²) in [4.78, 5) is 0. The Morgan fingerprint density at radius 1 is 1.40 bits per heavy atom. The van der Waals surface area contributed by atoms with Crippen molar-refractivity contribution in [3.63, 3.8) is 0 Å². The van der Waals surface area contributed by atoms with E-state index in [0.29, 0.717) is 0 Å². The molecule has 1 aromatic rings. The van der Waals surface area contributed by atoms with Gasteiger partial charge in [-0.05, 0) is 30.4 Å². The van der Waals surface area contributed by atoms with Gasteiger partial charge in [-0.15, -0.1) is 11.8 Å². The van der Waals surface area contributed by atoms with Gasteiger partial charge in [0.25, 0.3) is 0 Å². The van der Waals surface area contributed by atoms with E-state index < -0.39 is 0 Å². The van der Waals surface area contributed by atoms with Crippen molar-refractivity contribution in [3.8, 4) is 5.75 Å². The molecule has 2 nitrogen and oxygen atoms in total. The van der Waals surface area contributed by atoms with Crippen LogP contribution in [0.2, 0.25) is 0 Å². The second-order valence-electron chi connectivity index (χ2n) is 3.02. The number of thiocarbonyl (C=S) groups is 1. The lowest BCUT2D eigenvalue weighted by molar-refractivity contribution is 0.414. The predicted octanol–water partition coefficient (Wildman–Crippen LogP) is 2.48. The molecule has 0 amide bonds. The first kappa shape index (κ1) is 12.3. The smallest absolute Gasteiger partial charge is 0.133 e. The molecule has 0 aromatic heterocycles. The van der Waals surface area contributed by atoms with Crippen LogP contribution in [0.5, 0.6) is 5.75 Å². The van der Waals surface area contributed by atoms with Gasteiger partial charge in [0.2, 0.25) is 0 Å². The summed E-state index contributed by atoms with van der Waals surface area (Å²) in [6, 6.07) is 8.09. The van der Waals surface area contributed by atoms with Gasteiger partial charge in [0, 0.05) is 6.54 Å². The molecule has 0 bridgehead atoms. The zero-order valence-electron chi connectivity index (χ0n) is 8.95. The summed E-state index contributed by atoms with van der Waals surface area (Å²) in [5.74, 6) is 0.895. The minimum Gasteiger partial charge on any atom is -0.497 e. The number of thioether (sulfide) groups is 1. The average Bonchev–Trinajstić information content (AvgIpc) is 2.29. The third kappa shape index (κ3) is 4.53. The van der Waals surface area contributed by atoms with Gasteiger partial charge in [-0.1, -0.05) is 24.4 Å². The Balaban J connectivity index is 2.34. The first-order chi connectivity index (χ1) is 7.26. The largest absolute Gasteiger partial charge is 0.497 e. The number of benzene rings is 1. The minimum atomic E-state index is 0.850. The molecule has 0 saturated heterocycles. The molecular formula is C11H15NOS2. The highest BCUT2D eigenvalue weighted by Gasteiger charge is 1.95. The highest BCUT2D eigenvalue weighted by Crippen LogP contribution is 2.11. The predicted molar refractivity (Wildman–Crippen MR) is 70.8 cm³/mol. The number of nitrogens with one attached hydrogen (secondary N) is 1. The van der Waals surface area contributed by atoms with Crippen molar-refractivity contribution in [1.29, 1.82) is 0 Å². The van der Waals surface area contributed by atoms with Crippen LogP contribution < -0.4 is 10.1 Å². The molecule has 82 valence electrons. The lowest BCUT2D eigenvalue weighted by Gasteiger charge is -2.06. The lowest BCUT2D eigenvalue weighted by Crippen LogP contribution is -2.20. The zero-order valence-corrected chi connectivity index (χ0v) is 10.6. The van der Waals surface area contributed by atoms with Crippen LogP contribution in [0.3, 0.4) is 0 Å². The Kier molecular flexibility index (Phi) is 5.50. The summed E-state index contributed by atoms with van der Waals surface area (Å²) >= 11 is 6.61. The standard InChI is InChI=1S/C11H15NOS2/c1-13-10-5-3-9(4-6-10)7-8-12-11(14)15-2/h3-6H,7-8H2,1-2H3,(H,12,14). The number of rotatable bonds is 4. The van der Waals surface area contributed by atoms with E-state index in [1.807, 2.05) is 18.4 Å². The quantitative estimate of drug-likeness (QED) is 0.817. The van der Waals surface area contributed by atoms with Crippen molar-refractivity contribution in [2.24, 2.45) is 0 Å². The van der Waals surface area contributed by atoms with E-state index in [4.69, 9.17) is 17.0 Å². The Bertz CT molecular complexity index is 311. The molecule has 0 aliphatic rings. The molecule has 0 fully saturated rings. The number of hydrogen-bond acceptors (Lipinski definition) is 3. The van der Waals surface area contributed by atoms with E-state index in [1.165, 1.54) is 5.56 Å². The minimum absolute atomic E-state index is 0.850. The molecule has 1 aromatic carbocycles. The van der Waals surface area contributed by atoms with Crippen LogP contribution in [-0.2, 0) is 6.42 Å². The van der Waals surface area contributed by atoms with Gasteiger partial charge in [-0.25, -0.2) is 0 Å². The molecule has 0 radical (unpaired) electrons. The van der Waals surface area contributed by atoms with Gasteiger partial charge in [-0.3, -0.25) is 0 Å². The second kappa shape index (κ2) is 6.69. The van der Waals surface area contributed by atoms with Crippen LogP contribution in [0, 0.1) is 0 Å². The van der Waals surface area contributed by atoms with Gasteiger partial charge in [0.15, 0.2) is 0 Å². The Labute approximate surface area is 100 Å². The maximum atomic E-state index is 5.09. The van der Waals surface area contributed by atoms with Crippen molar-refractivity contribution in [1.82, 2.24) is 5.32 Å². The summed E-state index contributed by atoms with van der Waals surface area (Å²) in [5.41, 5.74) is 1.28. The third-order valence-electron chi connectivity index (χ3n) is 2.03. The fraction of sp³-hybridized carbons (Fsp3) is 0.364. The van der Waals surface area contributed by atoms with Crippen molar-refractivity contribution in [3.05, 3.63) is 29.8 Å². The number of ether oxygens (including phenoxy) is 1. The average molecular weight is 241 g/mol. The van der Waals surface area contributed by atoms with Crippen LogP contribution in [0.15, 0.2) is 24.3 Å². The molecule has 0 spiro atoms. The molecule has 0 aliphatic heterocycles. The summed E-state index contributed by atoms with van der Waals surface area (Å²) in [6.07, 6.45) is 2.95. The van der Waals surface area contributed by atoms with E-state index in [1.54, 1.807) is 18.9 Å². The Morgan fingerprint density at radius 3 is 2.60 bits per heavy atom. The third-order valence-corrected chi connectivity index (χ3v) is 3.19. The highest BCUT2D eigenvalue weighted by atomic mass is 32.2. The van der Waals surface area contributed by atoms with E-state index in [2.05, 4.69) is 17.4 Å². The summed E-state index contributed by atoms with van der Waals surface area (Å²) in [6.45, 7) is 0.881. The van der Waals surface area contributed by atoms with Crippen molar-refractivity contribution >= 4 is 28.3 Å². The van der Waals surface area contributed by atoms with Crippen molar-refractivity contribution in [2.45, 2.75) is 6.42 Å². The number of hydrogen-bond donors (Lipinski definition) is 1. The van der Waals surface area contributed by atoms with Crippen molar-refractivity contribution in [2.75, 3.05) is 19.9 Å². The fourth-order valence-electron chi connectivity index (χ4n) is 1.17. The van der Waals surface area contributed by atoms with Gasteiger partial charge in [-0.2, -0.15) is 0 Å². The van der Waals surface area contributed by atoms with Gasteiger partial charge < -0.3 is 10.1 Å². The second-order valence-corrected chi connectivity index (χ2v) is 4.50. The molecule has 1 rings (SSSR count). The molecule has 1 N–H and O–H groups in total. The van der Waals surface area contributed by atoms with E-state index in [-0.39, 0.29) is 0 Å². The zero-order chi connectivity index (χ0) is 11.1. The first-order valence-corrected chi connectivity index (χ1v) is 6.34. The lowest BCUT2D eigenvalue weighted by atomic mass is 10.1. The van der Waals surface area contributed by atoms with Crippen LogP contribution in [0.1, 0.15) is 5.56 Å². The van der Waals surface area contributed by atoms with E-state index >= 15 is 0 Å². The topological polar surface area (TPSA) is 21.3 Å². The Hall–Kier alpha value is -0.740. The van der Waals surface area contributed by atoms with Gasteiger partial charge in [0.05, 0.1) is 7.11 Å². The fourth-order valence-corrected chi connectivity index (χ4v) is 1.52. The monoisotopic (exact) mass is 241 g/mol. The SMILES string of the molecule is COc1ccc(CCNC(=S)SC)cc1. The molecular weight excluding hydrogens is 226 g/mol. The molecule has 0 unspecified atom stereocenters. The Morgan fingerprint density at radius 2 is 2.07 bits per heavy atom. The summed E-state index contributed by atoms with van der Waals surface area (Å²) in [7, 11) is 1.67. The molecule has 4 heteroatoms. The van der Waals surface area contributed by atoms with Gasteiger partial charge >= 0.3 is 0 Å². The molecule has 0 atom stereocenters. The maximum Gasteiger partial charge on any atom is 0.133 e. The first-order valence-electron chi connectivity index (χ1n) is 4.71. The van der Waals surface area contributed by atoms with Crippen molar-refractivity contribution < 1.29 is 4.74 Å². The number of methoxy groups -OCH3 is 1. The van der Waals surface area contributed by atoms with Crippen LogP contribution in [-0.4, -0.2) is 24.2 Å². The van der Waals surface area contributed by atoms with E-state index in [0.717, 1.165) is 23.0 Å². The molecule has 0 aliphatic carbocycles. The highest BCUT2D eigenvalue weighted by molar-refractivity contribution is 8.22. The summed E-state index contributed by atoms with van der Waals surface area (Å²) in [5, 5.41) is 3.17.